The normalized spacial score (nSPS) is 22.6. The van der Waals surface area contributed by atoms with Crippen LogP contribution in [0.15, 0.2) is 322 Å². The first-order valence-corrected chi connectivity index (χ1v) is 42.6. The van der Waals surface area contributed by atoms with E-state index in [-0.39, 0.29) is 31.2 Å². The maximum atomic E-state index is 8.10. The number of hydrogen-bond donors (Lipinski definition) is 0. The van der Waals surface area contributed by atoms with E-state index in [0.29, 0.717) is 35.5 Å². The smallest absolute Gasteiger partial charge is 0.260 e. The standard InChI is InChI=1S/C104H83B3N6O3/c1-8-26-72(27-9-1)108(73-28-10-2-11-29-73)79-50-91-100-92(51-79)112(103-60-66-44-67(61-103)46-68(45-66)62-103)89-58-95-86(56-84(89)105(100)82-40-22-24-42-88(82)111(91)78-38-20-7-21-39-78)107-87-57-85-90(59-96(87)116-99-55-81(54-98(115-95)102(99)107)110(76-34-16-5-17-35-76)77-36-18-6-19-37-77)113(104-63-69-47-70(64-104)49-71(48-69)65-104)93-52-80(53-97-101(93)106(85)83-41-23-25-43-94(83)114-97)109(74-30-12-3-13-31-74)75-32-14-4-15-33-75/h1-43,50-59,66-71H,44-49,60-65H2. The molecule has 116 heavy (non-hydrogen) atoms. The van der Waals surface area contributed by atoms with Crippen molar-refractivity contribution in [3.63, 3.8) is 0 Å². The number of ether oxygens (including phenoxy) is 3. The summed E-state index contributed by atoms with van der Waals surface area (Å²) in [6, 6.07) is 121. The maximum Gasteiger partial charge on any atom is 0.260 e. The number of nitrogens with zero attached hydrogens (tertiary/aromatic N) is 6. The lowest BCUT2D eigenvalue weighted by Crippen LogP contribution is -2.68. The summed E-state index contributed by atoms with van der Waals surface area (Å²) >= 11 is 0. The van der Waals surface area contributed by atoms with E-state index in [2.05, 4.69) is 351 Å². The van der Waals surface area contributed by atoms with Crippen LogP contribution in [0.4, 0.5) is 91.0 Å². The van der Waals surface area contributed by atoms with Crippen molar-refractivity contribution in [1.82, 2.24) is 0 Å². The largest absolute Gasteiger partial charge is 0.458 e. The quantitative estimate of drug-likeness (QED) is 0.111. The summed E-state index contributed by atoms with van der Waals surface area (Å²) in [5.74, 6) is 9.23. The molecule has 0 saturated heterocycles. The van der Waals surface area contributed by atoms with Gasteiger partial charge in [0.25, 0.3) is 20.1 Å². The first-order chi connectivity index (χ1) is 57.3. The fourth-order valence-corrected chi connectivity index (χ4v) is 25.8. The van der Waals surface area contributed by atoms with Gasteiger partial charge in [-0.05, 0) is 272 Å². The summed E-state index contributed by atoms with van der Waals surface area (Å²) in [6.45, 7) is -0.625. The summed E-state index contributed by atoms with van der Waals surface area (Å²) < 4.78 is 23.7. The Morgan fingerprint density at radius 2 is 0.552 bits per heavy atom. The third-order valence-electron chi connectivity index (χ3n) is 29.2. The Hall–Kier alpha value is -12.5. The number of fused-ring (bicyclic) bond motifs is 12. The predicted molar refractivity (Wildman–Crippen MR) is 478 cm³/mol. The topological polar surface area (TPSA) is 47.1 Å². The molecule has 556 valence electrons. The third-order valence-corrected chi connectivity index (χ3v) is 29.2. The van der Waals surface area contributed by atoms with Crippen molar-refractivity contribution in [3.8, 4) is 34.5 Å². The second-order valence-electron chi connectivity index (χ2n) is 35.9. The lowest BCUT2D eigenvalue weighted by Gasteiger charge is -2.62. The fraction of sp³-hybridized carbons (Fsp3) is 0.192. The van der Waals surface area contributed by atoms with Crippen molar-refractivity contribution in [1.29, 1.82) is 0 Å². The summed E-state index contributed by atoms with van der Waals surface area (Å²) in [4.78, 5) is 15.8. The van der Waals surface area contributed by atoms with Crippen LogP contribution in [-0.4, -0.2) is 31.2 Å². The first kappa shape index (κ1) is 65.8. The van der Waals surface area contributed by atoms with Crippen molar-refractivity contribution in [2.45, 2.75) is 88.1 Å². The Kier molecular flexibility index (Phi) is 14.2. The zero-order valence-electron chi connectivity index (χ0n) is 64.7. The summed E-state index contributed by atoms with van der Waals surface area (Å²) in [5, 5.41) is 0. The Balaban J connectivity index is 0.747. The average Bonchev–Trinajstić information content (AvgIpc) is 0.688. The highest BCUT2D eigenvalue weighted by atomic mass is 16.5. The highest BCUT2D eigenvalue weighted by molar-refractivity contribution is 7.03. The van der Waals surface area contributed by atoms with Crippen LogP contribution in [-0.2, 0) is 0 Å². The van der Waals surface area contributed by atoms with Crippen LogP contribution in [0.2, 0.25) is 0 Å². The van der Waals surface area contributed by atoms with E-state index in [9.17, 15) is 0 Å². The molecule has 6 heterocycles. The predicted octanol–water partition coefficient (Wildman–Crippen LogP) is 20.6. The Bertz CT molecular complexity index is 6150. The fourth-order valence-electron chi connectivity index (χ4n) is 25.8. The molecular formula is C104H83B3N6O3. The molecule has 14 aliphatic rings. The highest BCUT2D eigenvalue weighted by Crippen LogP contribution is 2.64. The van der Waals surface area contributed by atoms with E-state index < -0.39 is 0 Å². The number of rotatable bonds is 12. The molecule has 14 aromatic carbocycles. The second kappa shape index (κ2) is 25.0. The van der Waals surface area contributed by atoms with Gasteiger partial charge in [-0.15, -0.1) is 0 Å². The van der Waals surface area contributed by atoms with Gasteiger partial charge in [0, 0.05) is 121 Å². The van der Waals surface area contributed by atoms with E-state index in [1.165, 1.54) is 111 Å². The van der Waals surface area contributed by atoms with Gasteiger partial charge in [0.15, 0.2) is 0 Å². The van der Waals surface area contributed by atoms with E-state index in [1.807, 2.05) is 0 Å². The van der Waals surface area contributed by atoms with Crippen LogP contribution in [0.1, 0.15) is 77.0 Å². The first-order valence-electron chi connectivity index (χ1n) is 42.6. The summed E-state index contributed by atoms with van der Waals surface area (Å²) in [7, 11) is 0. The molecule has 9 nitrogen and oxygen atoms in total. The molecule has 14 aromatic rings. The molecule has 8 aliphatic carbocycles. The molecule has 0 unspecified atom stereocenters. The number of hydrogen-bond acceptors (Lipinski definition) is 9. The van der Waals surface area contributed by atoms with Gasteiger partial charge in [0.05, 0.1) is 17.1 Å². The molecule has 0 N–H and O–H groups in total. The Morgan fingerprint density at radius 3 is 0.983 bits per heavy atom. The molecule has 0 aromatic heterocycles. The highest BCUT2D eigenvalue weighted by Gasteiger charge is 2.60. The van der Waals surface area contributed by atoms with Crippen molar-refractivity contribution in [2.24, 2.45) is 35.5 Å². The van der Waals surface area contributed by atoms with Gasteiger partial charge in [0.2, 0.25) is 0 Å². The lowest BCUT2D eigenvalue weighted by molar-refractivity contribution is 0.000481. The molecule has 8 fully saturated rings. The minimum absolute atomic E-state index is 0.147. The van der Waals surface area contributed by atoms with Crippen molar-refractivity contribution in [2.75, 3.05) is 29.4 Å². The van der Waals surface area contributed by atoms with Gasteiger partial charge >= 0.3 is 0 Å². The Morgan fingerprint density at radius 1 is 0.233 bits per heavy atom. The molecule has 28 rings (SSSR count). The molecule has 0 radical (unpaired) electrons. The molecule has 0 spiro atoms. The van der Waals surface area contributed by atoms with Gasteiger partial charge in [-0.3, -0.25) is 0 Å². The van der Waals surface area contributed by atoms with Crippen LogP contribution in [0.3, 0.4) is 0 Å². The SMILES string of the molecule is c1ccc(N(c2ccccc2)c2cc3c4c(c2)Oc2cc5c(cc2B4c2cc4c(cc2O3)N(C23CC6CC(CC(C6)C2)C3)c2cc(N(c3ccccc3)c3ccccc3)cc3c2B4c2ccccc2O3)B2c3ccccc3N(c3ccccc3)c3cc(N(c4ccccc4)c4ccccc4)cc(c32)N5C23CC4CC(CC(C4)C2)C3)cc1. The zero-order valence-corrected chi connectivity index (χ0v) is 64.7. The number of para-hydroxylation sites is 9. The van der Waals surface area contributed by atoms with Crippen LogP contribution in [0.5, 0.6) is 34.5 Å². The van der Waals surface area contributed by atoms with Crippen molar-refractivity contribution >= 4 is 160 Å². The van der Waals surface area contributed by atoms with Crippen LogP contribution < -0.4 is 92.8 Å². The van der Waals surface area contributed by atoms with Gasteiger partial charge in [0.1, 0.15) is 34.5 Å². The molecule has 0 atom stereocenters. The molecule has 8 saturated carbocycles. The van der Waals surface area contributed by atoms with E-state index in [0.717, 1.165) is 141 Å². The lowest BCUT2D eigenvalue weighted by atomic mass is 9.29. The summed E-state index contributed by atoms with van der Waals surface area (Å²) in [5.41, 5.74) is 29.1. The van der Waals surface area contributed by atoms with Crippen LogP contribution >= 0.6 is 0 Å². The minimum Gasteiger partial charge on any atom is -0.458 e. The number of anilines is 16. The van der Waals surface area contributed by atoms with E-state index >= 15 is 0 Å². The molecule has 12 heteroatoms. The van der Waals surface area contributed by atoms with Gasteiger partial charge in [-0.1, -0.05) is 176 Å². The molecular weight excluding hydrogens is 1410 g/mol. The van der Waals surface area contributed by atoms with E-state index in [4.69, 9.17) is 14.2 Å². The maximum absolute atomic E-state index is 8.10. The van der Waals surface area contributed by atoms with Crippen molar-refractivity contribution < 1.29 is 14.2 Å². The summed E-state index contributed by atoms with van der Waals surface area (Å²) in [6.07, 6.45) is 14.9. The second-order valence-corrected chi connectivity index (χ2v) is 35.9. The third kappa shape index (κ3) is 9.79. The Labute approximate surface area is 679 Å². The van der Waals surface area contributed by atoms with Crippen LogP contribution in [0, 0.1) is 35.5 Å². The van der Waals surface area contributed by atoms with Gasteiger partial charge < -0.3 is 43.6 Å². The van der Waals surface area contributed by atoms with E-state index in [1.54, 1.807) is 0 Å². The van der Waals surface area contributed by atoms with Gasteiger partial charge in [-0.2, -0.15) is 0 Å². The van der Waals surface area contributed by atoms with Crippen molar-refractivity contribution in [3.05, 3.63) is 322 Å². The average molecular weight is 1500 g/mol. The zero-order chi connectivity index (χ0) is 75.6. The molecule has 8 bridgehead atoms. The van der Waals surface area contributed by atoms with Crippen LogP contribution in [0.25, 0.3) is 0 Å². The number of benzene rings is 14. The minimum atomic E-state index is -0.308. The molecule has 0 amide bonds. The monoisotopic (exact) mass is 1500 g/mol. The van der Waals surface area contributed by atoms with Gasteiger partial charge in [-0.25, -0.2) is 0 Å². The molecule has 6 aliphatic heterocycles.